The minimum atomic E-state index is -0.535. The number of anilines is 2. The van der Waals surface area contributed by atoms with Crippen LogP contribution >= 0.6 is 11.6 Å². The molecule has 1 aromatic rings. The van der Waals surface area contributed by atoms with Crippen molar-refractivity contribution in [2.75, 3.05) is 24.3 Å². The van der Waals surface area contributed by atoms with Crippen LogP contribution in [0.1, 0.15) is 6.92 Å². The van der Waals surface area contributed by atoms with E-state index in [9.17, 15) is 4.79 Å². The van der Waals surface area contributed by atoms with Crippen LogP contribution < -0.4 is 16.0 Å². The molecule has 0 aromatic heterocycles. The van der Waals surface area contributed by atoms with Crippen LogP contribution in [0.25, 0.3) is 0 Å². The predicted molar refractivity (Wildman–Crippen MR) is 68.1 cm³/mol. The Labute approximate surface area is 100 Å². The molecule has 16 heavy (non-hydrogen) atoms. The van der Waals surface area contributed by atoms with Gasteiger partial charge in [0.25, 0.3) is 0 Å². The summed E-state index contributed by atoms with van der Waals surface area (Å²) in [7, 11) is 3.81. The van der Waals surface area contributed by atoms with Crippen LogP contribution in [0.15, 0.2) is 18.2 Å². The van der Waals surface area contributed by atoms with Gasteiger partial charge < -0.3 is 16.0 Å². The largest absolute Gasteiger partial charge is 0.376 e. The number of benzene rings is 1. The average molecular weight is 242 g/mol. The first-order chi connectivity index (χ1) is 7.41. The van der Waals surface area contributed by atoms with Gasteiger partial charge in [0.2, 0.25) is 5.91 Å². The van der Waals surface area contributed by atoms with Gasteiger partial charge in [0, 0.05) is 19.8 Å². The van der Waals surface area contributed by atoms with Gasteiger partial charge >= 0.3 is 0 Å². The molecule has 0 aliphatic heterocycles. The number of halogens is 1. The molecule has 1 atom stereocenters. The van der Waals surface area contributed by atoms with Gasteiger partial charge in [0.15, 0.2) is 0 Å². The van der Waals surface area contributed by atoms with E-state index >= 15 is 0 Å². The highest BCUT2D eigenvalue weighted by atomic mass is 35.5. The molecule has 0 radical (unpaired) electrons. The molecule has 1 aromatic carbocycles. The zero-order valence-corrected chi connectivity index (χ0v) is 10.4. The summed E-state index contributed by atoms with van der Waals surface area (Å²) in [6, 6.07) is 4.81. The molecule has 5 heteroatoms. The number of rotatable bonds is 3. The maximum atomic E-state index is 11.4. The number of nitrogens with one attached hydrogen (secondary N) is 1. The smallest absolute Gasteiger partial charge is 0.240 e. The molecule has 4 nitrogen and oxygen atoms in total. The molecule has 1 rings (SSSR count). The molecule has 1 amide bonds. The van der Waals surface area contributed by atoms with Crippen molar-refractivity contribution in [1.29, 1.82) is 0 Å². The van der Waals surface area contributed by atoms with Crippen molar-refractivity contribution in [2.24, 2.45) is 5.73 Å². The normalized spacial score (nSPS) is 12.1. The van der Waals surface area contributed by atoms with Crippen LogP contribution in [0.2, 0.25) is 5.02 Å². The highest BCUT2D eigenvalue weighted by Gasteiger charge is 2.09. The molecular weight excluding hydrogens is 226 g/mol. The highest BCUT2D eigenvalue weighted by Crippen LogP contribution is 2.27. The number of amides is 1. The first-order valence-electron chi connectivity index (χ1n) is 4.95. The van der Waals surface area contributed by atoms with Crippen molar-refractivity contribution >= 4 is 28.9 Å². The van der Waals surface area contributed by atoms with Gasteiger partial charge in [-0.1, -0.05) is 11.6 Å². The van der Waals surface area contributed by atoms with Crippen molar-refractivity contribution in [3.05, 3.63) is 23.2 Å². The quantitative estimate of drug-likeness (QED) is 0.847. The second kappa shape index (κ2) is 5.18. The minimum absolute atomic E-state index is 0.228. The van der Waals surface area contributed by atoms with Crippen LogP contribution in [-0.4, -0.2) is 26.0 Å². The second-order valence-corrected chi connectivity index (χ2v) is 4.25. The lowest BCUT2D eigenvalue weighted by atomic mass is 10.2. The molecular formula is C11H16ClN3O. The molecule has 88 valence electrons. The minimum Gasteiger partial charge on any atom is -0.376 e. The number of carbonyl (C=O) groups excluding carboxylic acids is 1. The van der Waals surface area contributed by atoms with Gasteiger partial charge in [0.1, 0.15) is 0 Å². The monoisotopic (exact) mass is 241 g/mol. The number of nitrogens with zero attached hydrogens (tertiary/aromatic N) is 1. The summed E-state index contributed by atoms with van der Waals surface area (Å²) in [5.41, 5.74) is 7.00. The number of hydrogen-bond acceptors (Lipinski definition) is 3. The van der Waals surface area contributed by atoms with Crippen molar-refractivity contribution in [1.82, 2.24) is 0 Å². The van der Waals surface area contributed by atoms with Gasteiger partial charge in [-0.3, -0.25) is 4.79 Å². The zero-order valence-electron chi connectivity index (χ0n) is 9.62. The lowest BCUT2D eigenvalue weighted by molar-refractivity contribution is -0.117. The van der Waals surface area contributed by atoms with Crippen LogP contribution in [0.5, 0.6) is 0 Å². The SMILES string of the molecule is C[C@@H](N)C(=O)Nc1ccc(N(C)C)c(Cl)c1. The average Bonchev–Trinajstić information content (AvgIpc) is 2.16. The summed E-state index contributed by atoms with van der Waals surface area (Å²) in [6.45, 7) is 1.63. The Morgan fingerprint density at radius 3 is 2.56 bits per heavy atom. The molecule has 0 fully saturated rings. The Morgan fingerprint density at radius 1 is 1.50 bits per heavy atom. The van der Waals surface area contributed by atoms with E-state index in [4.69, 9.17) is 17.3 Å². The lowest BCUT2D eigenvalue weighted by Gasteiger charge is -2.15. The number of carbonyl (C=O) groups is 1. The molecule has 0 aliphatic rings. The molecule has 0 saturated carbocycles. The van der Waals surface area contributed by atoms with Crippen LogP contribution in [0.4, 0.5) is 11.4 Å². The molecule has 0 saturated heterocycles. The first-order valence-corrected chi connectivity index (χ1v) is 5.33. The maximum Gasteiger partial charge on any atom is 0.240 e. The second-order valence-electron chi connectivity index (χ2n) is 3.84. The standard InChI is InChI=1S/C11H16ClN3O/c1-7(13)11(16)14-8-4-5-10(15(2)3)9(12)6-8/h4-7H,13H2,1-3H3,(H,14,16)/t7-/m1/s1. The fourth-order valence-electron chi connectivity index (χ4n) is 1.20. The van der Waals surface area contributed by atoms with E-state index in [-0.39, 0.29) is 5.91 Å². The van der Waals surface area contributed by atoms with Gasteiger partial charge in [-0.25, -0.2) is 0 Å². The van der Waals surface area contributed by atoms with Crippen LogP contribution in [-0.2, 0) is 4.79 Å². The molecule has 0 unspecified atom stereocenters. The van der Waals surface area contributed by atoms with E-state index in [1.807, 2.05) is 25.1 Å². The van der Waals surface area contributed by atoms with E-state index in [1.165, 1.54) is 0 Å². The molecule has 0 aliphatic carbocycles. The fraction of sp³-hybridized carbons (Fsp3) is 0.364. The molecule has 3 N–H and O–H groups in total. The Balaban J connectivity index is 2.85. The Kier molecular flexibility index (Phi) is 4.15. The molecule has 0 heterocycles. The first kappa shape index (κ1) is 12.8. The van der Waals surface area contributed by atoms with E-state index in [2.05, 4.69) is 5.32 Å². The summed E-state index contributed by atoms with van der Waals surface area (Å²) >= 11 is 6.06. The van der Waals surface area contributed by atoms with E-state index < -0.39 is 6.04 Å². The van der Waals surface area contributed by atoms with Gasteiger partial charge in [-0.15, -0.1) is 0 Å². The van der Waals surface area contributed by atoms with Crippen molar-refractivity contribution < 1.29 is 4.79 Å². The van der Waals surface area contributed by atoms with Gasteiger partial charge in [0.05, 0.1) is 16.8 Å². The lowest BCUT2D eigenvalue weighted by Crippen LogP contribution is -2.32. The predicted octanol–water partition coefficient (Wildman–Crippen LogP) is 1.69. The summed E-state index contributed by atoms with van der Waals surface area (Å²) in [5, 5.41) is 3.27. The van der Waals surface area contributed by atoms with E-state index in [1.54, 1.807) is 19.1 Å². The van der Waals surface area contributed by atoms with E-state index in [0.29, 0.717) is 10.7 Å². The Hall–Kier alpha value is -1.26. The third kappa shape index (κ3) is 3.12. The third-order valence-corrected chi connectivity index (χ3v) is 2.41. The van der Waals surface area contributed by atoms with Gasteiger partial charge in [-0.05, 0) is 25.1 Å². The van der Waals surface area contributed by atoms with Gasteiger partial charge in [-0.2, -0.15) is 0 Å². The molecule has 0 bridgehead atoms. The summed E-state index contributed by atoms with van der Waals surface area (Å²) < 4.78 is 0. The summed E-state index contributed by atoms with van der Waals surface area (Å²) in [4.78, 5) is 13.3. The fourth-order valence-corrected chi connectivity index (χ4v) is 1.55. The number of hydrogen-bond donors (Lipinski definition) is 2. The Bertz CT molecular complexity index is 391. The van der Waals surface area contributed by atoms with Crippen molar-refractivity contribution in [3.63, 3.8) is 0 Å². The summed E-state index contributed by atoms with van der Waals surface area (Å²) in [5.74, 6) is -0.228. The van der Waals surface area contributed by atoms with E-state index in [0.717, 1.165) is 5.69 Å². The summed E-state index contributed by atoms with van der Waals surface area (Å²) in [6.07, 6.45) is 0. The Morgan fingerprint density at radius 2 is 2.12 bits per heavy atom. The number of nitrogens with two attached hydrogens (primary N) is 1. The van der Waals surface area contributed by atoms with Crippen molar-refractivity contribution in [2.45, 2.75) is 13.0 Å². The highest BCUT2D eigenvalue weighted by molar-refractivity contribution is 6.33. The molecule has 0 spiro atoms. The van der Waals surface area contributed by atoms with Crippen LogP contribution in [0.3, 0.4) is 0 Å². The maximum absolute atomic E-state index is 11.4. The van der Waals surface area contributed by atoms with Crippen LogP contribution in [0, 0.1) is 0 Å². The zero-order chi connectivity index (χ0) is 12.3. The topological polar surface area (TPSA) is 58.4 Å². The third-order valence-electron chi connectivity index (χ3n) is 2.11. The van der Waals surface area contributed by atoms with Crippen molar-refractivity contribution in [3.8, 4) is 0 Å².